The van der Waals surface area contributed by atoms with E-state index in [1.807, 2.05) is 29.2 Å². The van der Waals surface area contributed by atoms with Gasteiger partial charge in [0.2, 0.25) is 5.91 Å². The predicted octanol–water partition coefficient (Wildman–Crippen LogP) is 3.14. The van der Waals surface area contributed by atoms with Crippen molar-refractivity contribution in [3.63, 3.8) is 0 Å². The van der Waals surface area contributed by atoms with E-state index in [1.165, 1.54) is 0 Å². The summed E-state index contributed by atoms with van der Waals surface area (Å²) in [6.07, 6.45) is 6.93. The van der Waals surface area contributed by atoms with E-state index < -0.39 is 0 Å². The van der Waals surface area contributed by atoms with Crippen molar-refractivity contribution in [3.8, 4) is 5.75 Å². The average molecular weight is 357 g/mol. The number of benzene rings is 1. The number of urea groups is 1. The molecule has 2 unspecified atom stereocenters. The van der Waals surface area contributed by atoms with E-state index in [0.717, 1.165) is 44.9 Å². The Hall–Kier alpha value is -2.24. The van der Waals surface area contributed by atoms with Gasteiger partial charge in [0, 0.05) is 24.0 Å². The molecule has 26 heavy (non-hydrogen) atoms. The van der Waals surface area contributed by atoms with Gasteiger partial charge < -0.3 is 20.3 Å². The molecule has 3 aliphatic rings. The first-order valence-corrected chi connectivity index (χ1v) is 9.68. The van der Waals surface area contributed by atoms with E-state index in [9.17, 15) is 9.59 Å². The van der Waals surface area contributed by atoms with E-state index in [2.05, 4.69) is 10.6 Å². The molecule has 2 aliphatic heterocycles. The number of nitrogens with zero attached hydrogens (tertiary/aromatic N) is 1. The topological polar surface area (TPSA) is 70.7 Å². The molecule has 1 saturated carbocycles. The second kappa shape index (κ2) is 7.17. The van der Waals surface area contributed by atoms with E-state index in [-0.39, 0.29) is 36.0 Å². The van der Waals surface area contributed by atoms with Crippen molar-refractivity contribution < 1.29 is 14.3 Å². The fraction of sp³-hybridized carbons (Fsp3) is 0.600. The summed E-state index contributed by atoms with van der Waals surface area (Å²) in [4.78, 5) is 27.1. The summed E-state index contributed by atoms with van der Waals surface area (Å²) in [5.41, 5.74) is 0.697. The Balaban J connectivity index is 1.43. The number of piperidine rings is 2. The number of fused-ring (bicyclic) bond motifs is 2. The van der Waals surface area contributed by atoms with Gasteiger partial charge in [0.1, 0.15) is 5.75 Å². The number of hydrogen-bond donors (Lipinski definition) is 2. The molecule has 6 nitrogen and oxygen atoms in total. The first-order valence-electron chi connectivity index (χ1n) is 9.68. The Kier molecular flexibility index (Phi) is 4.74. The molecule has 0 radical (unpaired) electrons. The number of carbonyl (C=O) groups excluding carboxylic acids is 2. The molecule has 2 atom stereocenters. The van der Waals surface area contributed by atoms with Crippen LogP contribution in [0.1, 0.15) is 44.9 Å². The molecular formula is C20H27N3O3. The number of amides is 3. The molecule has 2 N–H and O–H groups in total. The van der Waals surface area contributed by atoms with E-state index >= 15 is 0 Å². The molecular weight excluding hydrogens is 330 g/mol. The van der Waals surface area contributed by atoms with Gasteiger partial charge in [0.25, 0.3) is 0 Å². The van der Waals surface area contributed by atoms with Crippen LogP contribution in [0.3, 0.4) is 0 Å². The fourth-order valence-electron chi connectivity index (χ4n) is 4.42. The average Bonchev–Trinajstić information content (AvgIpc) is 3.46. The Morgan fingerprint density at radius 1 is 1.08 bits per heavy atom. The number of hydrogen-bond acceptors (Lipinski definition) is 3. The molecule has 1 aliphatic carbocycles. The van der Waals surface area contributed by atoms with Gasteiger partial charge in [-0.25, -0.2) is 4.79 Å². The van der Waals surface area contributed by atoms with Gasteiger partial charge in [-0.2, -0.15) is 0 Å². The highest BCUT2D eigenvalue weighted by Gasteiger charge is 2.42. The maximum Gasteiger partial charge on any atom is 0.322 e. The third-order valence-electron chi connectivity index (χ3n) is 5.85. The molecule has 0 aromatic heterocycles. The highest BCUT2D eigenvalue weighted by molar-refractivity contribution is 5.91. The van der Waals surface area contributed by atoms with Crippen LogP contribution in [0.5, 0.6) is 5.75 Å². The van der Waals surface area contributed by atoms with Crippen LogP contribution in [0.25, 0.3) is 0 Å². The zero-order chi connectivity index (χ0) is 18.1. The lowest BCUT2D eigenvalue weighted by Gasteiger charge is -2.48. The molecule has 1 aromatic rings. The number of anilines is 1. The lowest BCUT2D eigenvalue weighted by molar-refractivity contribution is -0.123. The summed E-state index contributed by atoms with van der Waals surface area (Å²) in [6.45, 7) is 0. The predicted molar refractivity (Wildman–Crippen MR) is 99.2 cm³/mol. The first-order chi connectivity index (χ1) is 12.7. The van der Waals surface area contributed by atoms with Crippen molar-refractivity contribution in [2.45, 2.75) is 63.1 Å². The van der Waals surface area contributed by atoms with Crippen LogP contribution in [0.2, 0.25) is 0 Å². The van der Waals surface area contributed by atoms with Crippen molar-refractivity contribution in [1.82, 2.24) is 10.2 Å². The SMILES string of the molecule is COc1ccccc1NC(=O)N1C2CCCC1CC(NC(=O)C1CC1)C2. The number of rotatable bonds is 4. The van der Waals surface area contributed by atoms with Crippen LogP contribution < -0.4 is 15.4 Å². The Bertz CT molecular complexity index is 675. The second-order valence-electron chi connectivity index (χ2n) is 7.73. The Labute approximate surface area is 154 Å². The Morgan fingerprint density at radius 3 is 2.42 bits per heavy atom. The molecule has 3 amide bonds. The van der Waals surface area contributed by atoms with Crippen molar-refractivity contribution in [1.29, 1.82) is 0 Å². The van der Waals surface area contributed by atoms with Crippen LogP contribution in [-0.4, -0.2) is 42.1 Å². The highest BCUT2D eigenvalue weighted by atomic mass is 16.5. The zero-order valence-electron chi connectivity index (χ0n) is 15.2. The van der Waals surface area contributed by atoms with Crippen LogP contribution in [-0.2, 0) is 4.79 Å². The second-order valence-corrected chi connectivity index (χ2v) is 7.73. The number of carbonyl (C=O) groups is 2. The maximum absolute atomic E-state index is 13.0. The number of para-hydroxylation sites is 2. The van der Waals surface area contributed by atoms with Gasteiger partial charge in [-0.1, -0.05) is 12.1 Å². The summed E-state index contributed by atoms with van der Waals surface area (Å²) in [6, 6.07) is 8.01. The monoisotopic (exact) mass is 357 g/mol. The maximum atomic E-state index is 13.0. The lowest BCUT2D eigenvalue weighted by Crippen LogP contribution is -2.59. The van der Waals surface area contributed by atoms with Gasteiger partial charge in [-0.3, -0.25) is 4.79 Å². The largest absolute Gasteiger partial charge is 0.495 e. The van der Waals surface area contributed by atoms with Gasteiger partial charge in [-0.05, 0) is 57.1 Å². The minimum Gasteiger partial charge on any atom is -0.495 e. The summed E-state index contributed by atoms with van der Waals surface area (Å²) < 4.78 is 5.34. The standard InChI is InChI=1S/C20H27N3O3/c1-26-18-8-3-2-7-17(18)22-20(25)23-15-5-4-6-16(23)12-14(11-15)21-19(24)13-9-10-13/h2-3,7-8,13-16H,4-6,9-12H2,1H3,(H,21,24)(H,22,25). The van der Waals surface area contributed by atoms with Crippen molar-refractivity contribution >= 4 is 17.6 Å². The van der Waals surface area contributed by atoms with Crippen LogP contribution in [0, 0.1) is 5.92 Å². The fourth-order valence-corrected chi connectivity index (χ4v) is 4.42. The molecule has 2 bridgehead atoms. The van der Waals surface area contributed by atoms with Crippen molar-refractivity contribution in [2.24, 2.45) is 5.92 Å². The molecule has 1 aromatic carbocycles. The van der Waals surface area contributed by atoms with E-state index in [4.69, 9.17) is 4.74 Å². The summed E-state index contributed by atoms with van der Waals surface area (Å²) in [5, 5.41) is 6.24. The van der Waals surface area contributed by atoms with Gasteiger partial charge >= 0.3 is 6.03 Å². The zero-order valence-corrected chi connectivity index (χ0v) is 15.2. The number of ether oxygens (including phenoxy) is 1. The van der Waals surface area contributed by atoms with E-state index in [0.29, 0.717) is 11.4 Å². The van der Waals surface area contributed by atoms with Crippen molar-refractivity contribution in [3.05, 3.63) is 24.3 Å². The molecule has 2 heterocycles. The van der Waals surface area contributed by atoms with Crippen molar-refractivity contribution in [2.75, 3.05) is 12.4 Å². The van der Waals surface area contributed by atoms with Crippen LogP contribution in [0.4, 0.5) is 10.5 Å². The molecule has 6 heteroatoms. The molecule has 4 rings (SSSR count). The minimum atomic E-state index is -0.0591. The molecule has 3 fully saturated rings. The summed E-state index contributed by atoms with van der Waals surface area (Å²) in [5.74, 6) is 1.11. The Morgan fingerprint density at radius 2 is 1.77 bits per heavy atom. The minimum absolute atomic E-state index is 0.0591. The van der Waals surface area contributed by atoms with E-state index in [1.54, 1.807) is 7.11 Å². The quantitative estimate of drug-likeness (QED) is 0.870. The van der Waals surface area contributed by atoms with Gasteiger partial charge in [-0.15, -0.1) is 0 Å². The third kappa shape index (κ3) is 3.50. The molecule has 140 valence electrons. The van der Waals surface area contributed by atoms with Gasteiger partial charge in [0.15, 0.2) is 0 Å². The smallest absolute Gasteiger partial charge is 0.322 e. The lowest BCUT2D eigenvalue weighted by atomic mass is 9.82. The first kappa shape index (κ1) is 17.2. The van der Waals surface area contributed by atoms with Crippen LogP contribution in [0.15, 0.2) is 24.3 Å². The van der Waals surface area contributed by atoms with Gasteiger partial charge in [0.05, 0.1) is 12.8 Å². The summed E-state index contributed by atoms with van der Waals surface area (Å²) in [7, 11) is 1.60. The normalized spacial score (nSPS) is 27.6. The summed E-state index contributed by atoms with van der Waals surface area (Å²) >= 11 is 0. The molecule has 2 saturated heterocycles. The highest BCUT2D eigenvalue weighted by Crippen LogP contribution is 2.36. The number of methoxy groups -OCH3 is 1. The molecule has 0 spiro atoms. The van der Waals surface area contributed by atoms with Crippen LogP contribution >= 0.6 is 0 Å². The third-order valence-corrected chi connectivity index (χ3v) is 5.85. The number of nitrogens with one attached hydrogen (secondary N) is 2.